The Bertz CT molecular complexity index is 433. The van der Waals surface area contributed by atoms with E-state index in [1.165, 1.54) is 0 Å². The lowest BCUT2D eigenvalue weighted by molar-refractivity contribution is -0.121. The number of rotatable bonds is 6. The first kappa shape index (κ1) is 15.2. The fourth-order valence-corrected chi connectivity index (χ4v) is 2.97. The van der Waals surface area contributed by atoms with E-state index in [-0.39, 0.29) is 5.91 Å². The molecule has 1 N–H and O–H groups in total. The third-order valence-corrected chi connectivity index (χ3v) is 4.26. The summed E-state index contributed by atoms with van der Waals surface area (Å²) >= 11 is 6.07. The monoisotopic (exact) mass is 295 g/mol. The van der Waals surface area contributed by atoms with E-state index in [0.717, 1.165) is 43.5 Å². The number of nitrogens with one attached hydrogen (secondary N) is 1. The summed E-state index contributed by atoms with van der Waals surface area (Å²) in [6, 6.07) is 7.85. The SMILES string of the molecule is COc1ccc(CCC(=O)NCC2CCC(Cl)C2)cc1. The van der Waals surface area contributed by atoms with Crippen molar-refractivity contribution < 1.29 is 9.53 Å². The lowest BCUT2D eigenvalue weighted by Crippen LogP contribution is -2.28. The highest BCUT2D eigenvalue weighted by Gasteiger charge is 2.22. The van der Waals surface area contributed by atoms with Crippen molar-refractivity contribution in [1.29, 1.82) is 0 Å². The summed E-state index contributed by atoms with van der Waals surface area (Å²) in [6.45, 7) is 0.769. The average Bonchev–Trinajstić information content (AvgIpc) is 2.89. The summed E-state index contributed by atoms with van der Waals surface area (Å²) in [4.78, 5) is 11.8. The zero-order chi connectivity index (χ0) is 14.4. The van der Waals surface area contributed by atoms with Crippen LogP contribution in [-0.4, -0.2) is 24.9 Å². The van der Waals surface area contributed by atoms with Crippen molar-refractivity contribution in [2.45, 2.75) is 37.5 Å². The Kier molecular flexibility index (Phi) is 5.72. The molecule has 1 aromatic rings. The Morgan fingerprint density at radius 1 is 1.35 bits per heavy atom. The minimum absolute atomic E-state index is 0.124. The number of amides is 1. The van der Waals surface area contributed by atoms with E-state index in [0.29, 0.717) is 17.7 Å². The van der Waals surface area contributed by atoms with Crippen molar-refractivity contribution >= 4 is 17.5 Å². The molecule has 2 rings (SSSR count). The molecule has 0 bridgehead atoms. The quantitative estimate of drug-likeness (QED) is 0.819. The van der Waals surface area contributed by atoms with E-state index >= 15 is 0 Å². The molecule has 0 heterocycles. The van der Waals surface area contributed by atoms with E-state index in [4.69, 9.17) is 16.3 Å². The van der Waals surface area contributed by atoms with Gasteiger partial charge in [-0.3, -0.25) is 4.79 Å². The Balaban J connectivity index is 1.66. The average molecular weight is 296 g/mol. The summed E-state index contributed by atoms with van der Waals surface area (Å²) in [6.07, 6.45) is 4.53. The third-order valence-electron chi connectivity index (χ3n) is 3.86. The van der Waals surface area contributed by atoms with E-state index in [1.807, 2.05) is 24.3 Å². The molecule has 2 unspecified atom stereocenters. The maximum absolute atomic E-state index is 11.8. The normalized spacial score (nSPS) is 21.7. The van der Waals surface area contributed by atoms with Crippen LogP contribution in [0.5, 0.6) is 5.75 Å². The number of aryl methyl sites for hydroxylation is 1. The van der Waals surface area contributed by atoms with Gasteiger partial charge in [0.25, 0.3) is 0 Å². The smallest absolute Gasteiger partial charge is 0.220 e. The first-order chi connectivity index (χ1) is 9.67. The van der Waals surface area contributed by atoms with E-state index in [9.17, 15) is 4.79 Å². The number of alkyl halides is 1. The fraction of sp³-hybridized carbons (Fsp3) is 0.562. The number of methoxy groups -OCH3 is 1. The van der Waals surface area contributed by atoms with Gasteiger partial charge >= 0.3 is 0 Å². The molecule has 0 radical (unpaired) electrons. The number of hydrogen-bond acceptors (Lipinski definition) is 2. The molecule has 3 nitrogen and oxygen atoms in total. The van der Waals surface area contributed by atoms with E-state index < -0.39 is 0 Å². The molecule has 1 fully saturated rings. The minimum Gasteiger partial charge on any atom is -0.497 e. The largest absolute Gasteiger partial charge is 0.497 e. The Hall–Kier alpha value is -1.22. The van der Waals surface area contributed by atoms with Crippen LogP contribution in [0.15, 0.2) is 24.3 Å². The minimum atomic E-state index is 0.124. The number of benzene rings is 1. The number of ether oxygens (including phenoxy) is 1. The van der Waals surface area contributed by atoms with Crippen molar-refractivity contribution in [2.75, 3.05) is 13.7 Å². The van der Waals surface area contributed by atoms with Gasteiger partial charge in [0, 0.05) is 18.3 Å². The van der Waals surface area contributed by atoms with Crippen LogP contribution in [0.2, 0.25) is 0 Å². The molecule has 0 saturated heterocycles. The van der Waals surface area contributed by atoms with Crippen molar-refractivity contribution in [3.8, 4) is 5.75 Å². The van der Waals surface area contributed by atoms with Gasteiger partial charge in [-0.15, -0.1) is 11.6 Å². The van der Waals surface area contributed by atoms with Crippen molar-refractivity contribution in [3.63, 3.8) is 0 Å². The molecule has 110 valence electrons. The van der Waals surface area contributed by atoms with Crippen LogP contribution in [0.25, 0.3) is 0 Å². The zero-order valence-electron chi connectivity index (χ0n) is 11.9. The number of carbonyl (C=O) groups is 1. The molecular formula is C16H22ClNO2. The molecule has 20 heavy (non-hydrogen) atoms. The molecule has 2 atom stereocenters. The molecule has 0 aromatic heterocycles. The molecule has 1 saturated carbocycles. The van der Waals surface area contributed by atoms with Crippen LogP contribution in [0.3, 0.4) is 0 Å². The van der Waals surface area contributed by atoms with Gasteiger partial charge in [0.1, 0.15) is 5.75 Å². The highest BCUT2D eigenvalue weighted by atomic mass is 35.5. The lowest BCUT2D eigenvalue weighted by atomic mass is 10.1. The van der Waals surface area contributed by atoms with Crippen molar-refractivity contribution in [3.05, 3.63) is 29.8 Å². The lowest BCUT2D eigenvalue weighted by Gasteiger charge is -2.11. The standard InChI is InChI=1S/C16H22ClNO2/c1-20-15-7-3-12(4-8-15)5-9-16(19)18-11-13-2-6-14(17)10-13/h3-4,7-8,13-14H,2,5-6,9-11H2,1H3,(H,18,19). The molecule has 1 aromatic carbocycles. The van der Waals surface area contributed by atoms with Gasteiger partial charge in [-0.2, -0.15) is 0 Å². The van der Waals surface area contributed by atoms with E-state index in [2.05, 4.69) is 5.32 Å². The molecule has 1 aliphatic carbocycles. The summed E-state index contributed by atoms with van der Waals surface area (Å²) in [5.41, 5.74) is 1.16. The Morgan fingerprint density at radius 2 is 2.10 bits per heavy atom. The molecule has 1 aliphatic rings. The second kappa shape index (κ2) is 7.53. The van der Waals surface area contributed by atoms with Crippen LogP contribution in [0.1, 0.15) is 31.2 Å². The van der Waals surface area contributed by atoms with Gasteiger partial charge < -0.3 is 10.1 Å². The van der Waals surface area contributed by atoms with Gasteiger partial charge in [0.2, 0.25) is 5.91 Å². The number of hydrogen-bond donors (Lipinski definition) is 1. The molecule has 1 amide bonds. The van der Waals surface area contributed by atoms with Gasteiger partial charge in [0.15, 0.2) is 0 Å². The second-order valence-electron chi connectivity index (χ2n) is 5.43. The molecule has 4 heteroatoms. The Morgan fingerprint density at radius 3 is 2.70 bits per heavy atom. The van der Waals surface area contributed by atoms with Crippen LogP contribution in [-0.2, 0) is 11.2 Å². The van der Waals surface area contributed by atoms with Crippen molar-refractivity contribution in [1.82, 2.24) is 5.32 Å². The zero-order valence-corrected chi connectivity index (χ0v) is 12.7. The van der Waals surface area contributed by atoms with E-state index in [1.54, 1.807) is 7.11 Å². The maximum atomic E-state index is 11.8. The highest BCUT2D eigenvalue weighted by Crippen LogP contribution is 2.28. The van der Waals surface area contributed by atoms with Crippen LogP contribution >= 0.6 is 11.6 Å². The van der Waals surface area contributed by atoms with Crippen molar-refractivity contribution in [2.24, 2.45) is 5.92 Å². The summed E-state index contributed by atoms with van der Waals surface area (Å²) in [7, 11) is 1.65. The van der Waals surface area contributed by atoms with Crippen LogP contribution < -0.4 is 10.1 Å². The predicted octanol–water partition coefficient (Wildman–Crippen LogP) is 3.15. The van der Waals surface area contributed by atoms with Gasteiger partial charge in [-0.1, -0.05) is 12.1 Å². The van der Waals surface area contributed by atoms with Gasteiger partial charge in [-0.05, 0) is 49.3 Å². The molecular weight excluding hydrogens is 274 g/mol. The van der Waals surface area contributed by atoms with Crippen LogP contribution in [0, 0.1) is 5.92 Å². The molecule has 0 aliphatic heterocycles. The van der Waals surface area contributed by atoms with Gasteiger partial charge in [0.05, 0.1) is 7.11 Å². The number of carbonyl (C=O) groups excluding carboxylic acids is 1. The third kappa shape index (κ3) is 4.71. The first-order valence-corrected chi connectivity index (χ1v) is 7.64. The highest BCUT2D eigenvalue weighted by molar-refractivity contribution is 6.20. The second-order valence-corrected chi connectivity index (χ2v) is 6.05. The van der Waals surface area contributed by atoms with Gasteiger partial charge in [-0.25, -0.2) is 0 Å². The first-order valence-electron chi connectivity index (χ1n) is 7.21. The summed E-state index contributed by atoms with van der Waals surface area (Å²) < 4.78 is 5.11. The topological polar surface area (TPSA) is 38.3 Å². The molecule has 0 spiro atoms. The summed E-state index contributed by atoms with van der Waals surface area (Å²) in [5.74, 6) is 1.52. The maximum Gasteiger partial charge on any atom is 0.220 e. The summed E-state index contributed by atoms with van der Waals surface area (Å²) in [5, 5.41) is 3.32. The predicted molar refractivity (Wildman–Crippen MR) is 81.3 cm³/mol. The fourth-order valence-electron chi connectivity index (χ4n) is 2.60. The number of halogens is 1. The Labute approximate surface area is 125 Å². The van der Waals surface area contributed by atoms with Crippen LogP contribution in [0.4, 0.5) is 0 Å².